The quantitative estimate of drug-likeness (QED) is 0.227. The van der Waals surface area contributed by atoms with E-state index in [1.54, 1.807) is 7.11 Å². The summed E-state index contributed by atoms with van der Waals surface area (Å²) in [5.74, 6) is -1.03. The SMILES string of the molecule is COc1ccc2c(O[C@@H]3C[C@H]4C(=O)N[C@]5(C(=O)NS(=O)(=O)C6CC6)C[C@H]5/C=C/CCCCC[C@H](NC(N)=O)C(=O)N4C3)cc(-c3nc(C(C)C)cs3)nc2c1C. The number of methoxy groups -OCH3 is 1. The molecule has 5 amide bonds. The van der Waals surface area contributed by atoms with Crippen LogP contribution in [0.1, 0.15) is 88.8 Å². The Balaban J connectivity index is 1.24. The summed E-state index contributed by atoms with van der Waals surface area (Å²) in [5, 5.41) is 8.24. The van der Waals surface area contributed by atoms with Crippen molar-refractivity contribution in [1.29, 1.82) is 0 Å². The number of aryl methyl sites for hydroxylation is 1. The fourth-order valence-electron chi connectivity index (χ4n) is 7.68. The molecule has 7 rings (SSSR count). The van der Waals surface area contributed by atoms with E-state index in [9.17, 15) is 27.6 Å². The number of nitrogens with two attached hydrogens (primary N) is 1. The van der Waals surface area contributed by atoms with Crippen LogP contribution in [0.25, 0.3) is 21.6 Å². The lowest BCUT2D eigenvalue weighted by Crippen LogP contribution is -2.58. The summed E-state index contributed by atoms with van der Waals surface area (Å²) < 4.78 is 40.3. The Morgan fingerprint density at radius 1 is 1.11 bits per heavy atom. The molecule has 5 N–H and O–H groups in total. The third kappa shape index (κ3) is 8.06. The van der Waals surface area contributed by atoms with E-state index in [-0.39, 0.29) is 25.3 Å². The maximum Gasteiger partial charge on any atom is 0.312 e. The molecule has 0 bridgehead atoms. The molecule has 2 saturated carbocycles. The summed E-state index contributed by atoms with van der Waals surface area (Å²) in [6, 6.07) is 2.51. The van der Waals surface area contributed by atoms with Gasteiger partial charge in [-0.05, 0) is 63.5 Å². The molecule has 3 aromatic rings. The zero-order chi connectivity index (χ0) is 39.9. The lowest BCUT2D eigenvalue weighted by atomic mass is 10.0. The summed E-state index contributed by atoms with van der Waals surface area (Å²) in [6.07, 6.45) is 7.45. The van der Waals surface area contributed by atoms with Crippen LogP contribution in [-0.4, -0.2) is 89.7 Å². The fourth-order valence-corrected chi connectivity index (χ4v) is 9.98. The van der Waals surface area contributed by atoms with Crippen LogP contribution in [-0.2, 0) is 24.4 Å². The van der Waals surface area contributed by atoms with Crippen molar-refractivity contribution in [2.24, 2.45) is 11.7 Å². The van der Waals surface area contributed by atoms with Gasteiger partial charge < -0.3 is 30.7 Å². The summed E-state index contributed by atoms with van der Waals surface area (Å²) in [7, 11) is -2.31. The Bertz CT molecular complexity index is 2190. The first-order valence-electron chi connectivity index (χ1n) is 19.2. The first-order valence-corrected chi connectivity index (χ1v) is 21.6. The van der Waals surface area contributed by atoms with Gasteiger partial charge in [0.05, 0.1) is 30.1 Å². The number of nitrogens with zero attached hydrogens (tertiary/aromatic N) is 3. The number of benzene rings is 1. The highest BCUT2D eigenvalue weighted by Crippen LogP contribution is 2.46. The number of carbonyl (C=O) groups excluding carboxylic acids is 4. The summed E-state index contributed by atoms with van der Waals surface area (Å²) >= 11 is 1.47. The molecule has 3 fully saturated rings. The van der Waals surface area contributed by atoms with Crippen LogP contribution >= 0.6 is 11.3 Å². The van der Waals surface area contributed by atoms with Gasteiger partial charge in [0.2, 0.25) is 21.8 Å². The van der Waals surface area contributed by atoms with E-state index in [1.807, 2.05) is 42.7 Å². The molecule has 4 heterocycles. The predicted molar refractivity (Wildman–Crippen MR) is 211 cm³/mol. The second kappa shape index (κ2) is 15.6. The van der Waals surface area contributed by atoms with Gasteiger partial charge in [-0.15, -0.1) is 11.3 Å². The first kappa shape index (κ1) is 39.5. The number of sulfonamides is 1. The number of thiazole rings is 1. The normalized spacial score (nSPS) is 26.3. The van der Waals surface area contributed by atoms with Crippen LogP contribution in [0.2, 0.25) is 0 Å². The number of carbonyl (C=O) groups is 4. The number of aromatic nitrogens is 2. The van der Waals surface area contributed by atoms with Crippen LogP contribution in [0.5, 0.6) is 11.5 Å². The van der Waals surface area contributed by atoms with Gasteiger partial charge in [-0.3, -0.25) is 19.1 Å². The Morgan fingerprint density at radius 2 is 1.89 bits per heavy atom. The van der Waals surface area contributed by atoms with E-state index in [2.05, 4.69) is 29.2 Å². The number of ether oxygens (including phenoxy) is 2. The molecule has 5 atom stereocenters. The molecular formula is C39H49N7O8S2. The zero-order valence-electron chi connectivity index (χ0n) is 32.0. The van der Waals surface area contributed by atoms with Gasteiger partial charge in [-0.25, -0.2) is 23.2 Å². The zero-order valence-corrected chi connectivity index (χ0v) is 33.6. The fraction of sp³-hybridized carbons (Fsp3) is 0.538. The highest BCUT2D eigenvalue weighted by Gasteiger charge is 2.62. The van der Waals surface area contributed by atoms with Gasteiger partial charge in [-0.1, -0.05) is 38.8 Å². The number of allylic oxidation sites excluding steroid dienone is 1. The number of hydrogen-bond acceptors (Lipinski definition) is 11. The Kier molecular flexibility index (Phi) is 11.0. The van der Waals surface area contributed by atoms with Crippen molar-refractivity contribution in [3.05, 3.63) is 47.0 Å². The lowest BCUT2D eigenvalue weighted by molar-refractivity contribution is -0.141. The third-order valence-electron chi connectivity index (χ3n) is 11.2. The molecule has 2 aliphatic carbocycles. The van der Waals surface area contributed by atoms with Gasteiger partial charge in [0.15, 0.2) is 0 Å². The Labute approximate surface area is 330 Å². The lowest BCUT2D eigenvalue weighted by Gasteiger charge is -2.29. The highest BCUT2D eigenvalue weighted by atomic mass is 32.2. The molecule has 2 aromatic heterocycles. The minimum absolute atomic E-state index is 0.0184. The van der Waals surface area contributed by atoms with Crippen LogP contribution < -0.4 is 30.6 Å². The molecule has 15 nitrogen and oxygen atoms in total. The number of rotatable bonds is 9. The van der Waals surface area contributed by atoms with Crippen molar-refractivity contribution in [2.75, 3.05) is 13.7 Å². The largest absolute Gasteiger partial charge is 0.496 e. The minimum Gasteiger partial charge on any atom is -0.496 e. The molecule has 17 heteroatoms. The van der Waals surface area contributed by atoms with E-state index in [1.165, 1.54) is 16.2 Å². The number of amides is 5. The van der Waals surface area contributed by atoms with Crippen molar-refractivity contribution < 1.29 is 37.1 Å². The second-order valence-electron chi connectivity index (χ2n) is 15.6. The molecule has 0 radical (unpaired) electrons. The van der Waals surface area contributed by atoms with Crippen molar-refractivity contribution in [1.82, 2.24) is 30.2 Å². The molecule has 56 heavy (non-hydrogen) atoms. The number of primary amides is 1. The smallest absolute Gasteiger partial charge is 0.312 e. The highest BCUT2D eigenvalue weighted by molar-refractivity contribution is 7.91. The number of hydrogen-bond donors (Lipinski definition) is 4. The number of fused-ring (bicyclic) bond motifs is 3. The summed E-state index contributed by atoms with van der Waals surface area (Å²) in [5.41, 5.74) is 6.99. The van der Waals surface area contributed by atoms with Gasteiger partial charge >= 0.3 is 6.03 Å². The van der Waals surface area contributed by atoms with Gasteiger partial charge in [0.1, 0.15) is 45.9 Å². The molecule has 4 aliphatic rings. The topological polar surface area (TPSA) is 212 Å². The second-order valence-corrected chi connectivity index (χ2v) is 18.4. The van der Waals surface area contributed by atoms with E-state index in [0.29, 0.717) is 65.2 Å². The molecule has 0 unspecified atom stereocenters. The number of pyridine rings is 1. The summed E-state index contributed by atoms with van der Waals surface area (Å²) in [4.78, 5) is 65.9. The average Bonchev–Trinajstić information content (AvgIpc) is 4.03. The van der Waals surface area contributed by atoms with Gasteiger partial charge in [-0.2, -0.15) is 0 Å². The van der Waals surface area contributed by atoms with E-state index < -0.39 is 68.7 Å². The van der Waals surface area contributed by atoms with E-state index in [0.717, 1.165) is 24.1 Å². The minimum atomic E-state index is -3.90. The predicted octanol–water partition coefficient (Wildman–Crippen LogP) is 4.19. The van der Waals surface area contributed by atoms with Crippen LogP contribution in [0.15, 0.2) is 35.7 Å². The monoisotopic (exact) mass is 807 g/mol. The standard InChI is InChI=1S/C39H49N7O8S2/c1-21(2)29-20-55-35(42-29)28-17-32(26-14-15-31(53-4)22(3)33(26)41-28)54-24-16-30-34(47)44-39(37(49)45-56(51,52)25-12-13-25)18-23(39)10-8-6-5-7-9-11-27(43-38(40)50)36(48)46(30)19-24/h8,10,14-15,17,20-21,23-25,27,30H,5-7,9,11-13,16,18-19H2,1-4H3,(H,44,47)(H,45,49)(H3,40,43,50)/b10-8+/t23-,24-,27+,30+,39-/m1/s1. The summed E-state index contributed by atoms with van der Waals surface area (Å²) in [6.45, 7) is 6.03. The maximum atomic E-state index is 14.4. The van der Waals surface area contributed by atoms with Gasteiger partial charge in [0.25, 0.3) is 5.91 Å². The third-order valence-corrected chi connectivity index (χ3v) is 13.9. The van der Waals surface area contributed by atoms with E-state index in [4.69, 9.17) is 25.2 Å². The van der Waals surface area contributed by atoms with Crippen molar-refractivity contribution in [3.8, 4) is 22.2 Å². The number of urea groups is 1. The van der Waals surface area contributed by atoms with Crippen LogP contribution in [0, 0.1) is 12.8 Å². The average molecular weight is 808 g/mol. The van der Waals surface area contributed by atoms with Crippen molar-refractivity contribution in [2.45, 2.75) is 113 Å². The molecule has 2 aliphatic heterocycles. The first-order chi connectivity index (χ1) is 26.7. The van der Waals surface area contributed by atoms with Crippen LogP contribution in [0.4, 0.5) is 4.79 Å². The molecular weight excluding hydrogens is 759 g/mol. The van der Waals surface area contributed by atoms with E-state index >= 15 is 0 Å². The van der Waals surface area contributed by atoms with Crippen molar-refractivity contribution >= 4 is 56.0 Å². The molecule has 300 valence electrons. The maximum absolute atomic E-state index is 14.4. The molecule has 0 spiro atoms. The van der Waals surface area contributed by atoms with Crippen LogP contribution in [0.3, 0.4) is 0 Å². The molecule has 1 aromatic carbocycles. The molecule has 1 saturated heterocycles. The Hall–Kier alpha value is -4.77. The Morgan fingerprint density at radius 3 is 2.59 bits per heavy atom. The van der Waals surface area contributed by atoms with Crippen molar-refractivity contribution in [3.63, 3.8) is 0 Å². The van der Waals surface area contributed by atoms with Gasteiger partial charge in [0, 0.05) is 34.7 Å². The number of nitrogens with one attached hydrogen (secondary N) is 3.